The molecule has 0 unspecified atom stereocenters. The van der Waals surface area contributed by atoms with Gasteiger partial charge in [-0.25, -0.2) is 0 Å². The Labute approximate surface area is 76.6 Å². The molecular formula is C9H12N2O2. The van der Waals surface area contributed by atoms with Crippen LogP contribution >= 0.6 is 0 Å². The number of rotatable bonds is 4. The highest BCUT2D eigenvalue weighted by molar-refractivity contribution is 5.76. The average Bonchev–Trinajstić information content (AvgIpc) is 2.19. The molecule has 0 saturated heterocycles. The molecule has 1 aromatic heterocycles. The molecule has 0 bridgehead atoms. The summed E-state index contributed by atoms with van der Waals surface area (Å²) in [4.78, 5) is 14.6. The summed E-state index contributed by atoms with van der Waals surface area (Å²) in [5.74, 6) is -0.344. The van der Waals surface area contributed by atoms with Crippen molar-refractivity contribution in [1.82, 2.24) is 10.3 Å². The smallest absolute Gasteiger partial charge is 0.245 e. The summed E-state index contributed by atoms with van der Waals surface area (Å²) in [6.07, 6.45) is 4.19. The van der Waals surface area contributed by atoms with Crippen LogP contribution in [0.2, 0.25) is 0 Å². The van der Waals surface area contributed by atoms with Crippen LogP contribution in [0.1, 0.15) is 5.56 Å². The van der Waals surface area contributed by atoms with Crippen molar-refractivity contribution in [3.63, 3.8) is 0 Å². The van der Waals surface area contributed by atoms with Gasteiger partial charge in [0, 0.05) is 18.9 Å². The number of amides is 1. The van der Waals surface area contributed by atoms with Gasteiger partial charge in [-0.05, 0) is 18.1 Å². The number of nitrogens with one attached hydrogen (secondary N) is 1. The maximum Gasteiger partial charge on any atom is 0.245 e. The van der Waals surface area contributed by atoms with Crippen LogP contribution in [-0.4, -0.2) is 29.1 Å². The fraction of sp³-hybridized carbons (Fsp3) is 0.333. The third-order valence-corrected chi connectivity index (χ3v) is 1.60. The highest BCUT2D eigenvalue weighted by Crippen LogP contribution is 1.94. The van der Waals surface area contributed by atoms with Gasteiger partial charge in [0.05, 0.1) is 0 Å². The van der Waals surface area contributed by atoms with E-state index in [1.807, 2.05) is 12.1 Å². The Balaban J connectivity index is 2.24. The van der Waals surface area contributed by atoms with Gasteiger partial charge in [-0.1, -0.05) is 6.07 Å². The molecule has 2 N–H and O–H groups in total. The van der Waals surface area contributed by atoms with E-state index in [4.69, 9.17) is 5.11 Å². The van der Waals surface area contributed by atoms with E-state index in [1.165, 1.54) is 0 Å². The molecule has 0 spiro atoms. The zero-order valence-electron chi connectivity index (χ0n) is 7.23. The lowest BCUT2D eigenvalue weighted by molar-refractivity contribution is -0.123. The van der Waals surface area contributed by atoms with Gasteiger partial charge in [0.15, 0.2) is 0 Å². The van der Waals surface area contributed by atoms with Crippen molar-refractivity contribution in [3.05, 3.63) is 30.1 Å². The fourth-order valence-corrected chi connectivity index (χ4v) is 0.948. The van der Waals surface area contributed by atoms with Gasteiger partial charge in [0.2, 0.25) is 5.91 Å². The Bertz CT molecular complexity index is 262. The van der Waals surface area contributed by atoms with Crippen LogP contribution in [0.4, 0.5) is 0 Å². The molecule has 0 aromatic carbocycles. The highest BCUT2D eigenvalue weighted by Gasteiger charge is 1.96. The summed E-state index contributed by atoms with van der Waals surface area (Å²) in [6, 6.07) is 3.79. The first-order valence-corrected chi connectivity index (χ1v) is 4.09. The first kappa shape index (κ1) is 9.67. The summed E-state index contributed by atoms with van der Waals surface area (Å²) in [7, 11) is 0. The lowest BCUT2D eigenvalue weighted by Crippen LogP contribution is -2.28. The van der Waals surface area contributed by atoms with Crippen LogP contribution < -0.4 is 5.32 Å². The molecule has 0 radical (unpaired) electrons. The minimum absolute atomic E-state index is 0.344. The van der Waals surface area contributed by atoms with Crippen molar-refractivity contribution in [1.29, 1.82) is 0 Å². The Kier molecular flexibility index (Phi) is 3.92. The number of hydrogen-bond acceptors (Lipinski definition) is 3. The van der Waals surface area contributed by atoms with E-state index in [0.717, 1.165) is 12.0 Å². The highest BCUT2D eigenvalue weighted by atomic mass is 16.3. The molecule has 13 heavy (non-hydrogen) atoms. The van der Waals surface area contributed by atoms with Gasteiger partial charge in [-0.2, -0.15) is 0 Å². The minimum Gasteiger partial charge on any atom is -0.387 e. The molecule has 1 amide bonds. The number of carbonyl (C=O) groups excluding carboxylic acids is 1. The number of carbonyl (C=O) groups is 1. The Morgan fingerprint density at radius 3 is 3.08 bits per heavy atom. The third-order valence-electron chi connectivity index (χ3n) is 1.60. The second-order valence-electron chi connectivity index (χ2n) is 2.62. The first-order chi connectivity index (χ1) is 6.33. The SMILES string of the molecule is O=C(CO)NCCc1cccnc1. The second-order valence-corrected chi connectivity index (χ2v) is 2.62. The molecule has 4 nitrogen and oxygen atoms in total. The molecule has 0 atom stereocenters. The maximum atomic E-state index is 10.6. The van der Waals surface area contributed by atoms with Gasteiger partial charge in [-0.3, -0.25) is 9.78 Å². The monoisotopic (exact) mass is 180 g/mol. The Morgan fingerprint density at radius 1 is 1.62 bits per heavy atom. The van der Waals surface area contributed by atoms with E-state index in [-0.39, 0.29) is 5.91 Å². The predicted molar refractivity (Wildman–Crippen MR) is 48.0 cm³/mol. The van der Waals surface area contributed by atoms with Crippen molar-refractivity contribution < 1.29 is 9.90 Å². The van der Waals surface area contributed by atoms with Crippen molar-refractivity contribution in [3.8, 4) is 0 Å². The first-order valence-electron chi connectivity index (χ1n) is 4.09. The molecule has 1 heterocycles. The van der Waals surface area contributed by atoms with E-state index in [9.17, 15) is 4.79 Å². The van der Waals surface area contributed by atoms with E-state index >= 15 is 0 Å². The molecular weight excluding hydrogens is 168 g/mol. The van der Waals surface area contributed by atoms with Crippen LogP contribution in [0.15, 0.2) is 24.5 Å². The van der Waals surface area contributed by atoms with Crippen LogP contribution in [0.25, 0.3) is 0 Å². The standard InChI is InChI=1S/C9H12N2O2/c12-7-9(13)11-5-3-8-2-1-4-10-6-8/h1-2,4,6,12H,3,5,7H2,(H,11,13). The summed E-state index contributed by atoms with van der Waals surface area (Å²) >= 11 is 0. The largest absolute Gasteiger partial charge is 0.387 e. The number of aromatic nitrogens is 1. The second kappa shape index (κ2) is 5.27. The number of hydrogen-bond donors (Lipinski definition) is 2. The molecule has 1 rings (SSSR count). The van der Waals surface area contributed by atoms with E-state index in [2.05, 4.69) is 10.3 Å². The Hall–Kier alpha value is -1.42. The van der Waals surface area contributed by atoms with Crippen molar-refractivity contribution in [2.24, 2.45) is 0 Å². The molecule has 0 saturated carbocycles. The van der Waals surface area contributed by atoms with Crippen LogP contribution in [-0.2, 0) is 11.2 Å². The molecule has 0 aliphatic rings. The number of aliphatic hydroxyl groups is 1. The number of aliphatic hydroxyl groups excluding tert-OH is 1. The third kappa shape index (κ3) is 3.66. The summed E-state index contributed by atoms with van der Waals surface area (Å²) < 4.78 is 0. The fourth-order valence-electron chi connectivity index (χ4n) is 0.948. The lowest BCUT2D eigenvalue weighted by Gasteiger charge is -2.02. The Morgan fingerprint density at radius 2 is 2.46 bits per heavy atom. The summed E-state index contributed by atoms with van der Waals surface area (Å²) in [5.41, 5.74) is 1.07. The van der Waals surface area contributed by atoms with Gasteiger partial charge < -0.3 is 10.4 Å². The number of pyridine rings is 1. The average molecular weight is 180 g/mol. The predicted octanol–water partition coefficient (Wildman–Crippen LogP) is -0.267. The molecule has 70 valence electrons. The van der Waals surface area contributed by atoms with E-state index < -0.39 is 6.61 Å². The van der Waals surface area contributed by atoms with Crippen molar-refractivity contribution >= 4 is 5.91 Å². The molecule has 0 fully saturated rings. The van der Waals surface area contributed by atoms with Gasteiger partial charge in [-0.15, -0.1) is 0 Å². The van der Waals surface area contributed by atoms with Crippen molar-refractivity contribution in [2.45, 2.75) is 6.42 Å². The summed E-state index contributed by atoms with van der Waals surface area (Å²) in [5, 5.41) is 11.0. The molecule has 0 aliphatic heterocycles. The minimum atomic E-state index is -0.451. The molecule has 0 aliphatic carbocycles. The maximum absolute atomic E-state index is 10.6. The molecule has 4 heteroatoms. The van der Waals surface area contributed by atoms with E-state index in [1.54, 1.807) is 12.4 Å². The van der Waals surface area contributed by atoms with Crippen molar-refractivity contribution in [2.75, 3.05) is 13.2 Å². The molecule has 1 aromatic rings. The van der Waals surface area contributed by atoms with Gasteiger partial charge >= 0.3 is 0 Å². The topological polar surface area (TPSA) is 62.2 Å². The van der Waals surface area contributed by atoms with Gasteiger partial charge in [0.1, 0.15) is 6.61 Å². The normalized spacial score (nSPS) is 9.62. The zero-order valence-corrected chi connectivity index (χ0v) is 7.23. The lowest BCUT2D eigenvalue weighted by atomic mass is 10.2. The zero-order chi connectivity index (χ0) is 9.52. The van der Waals surface area contributed by atoms with Gasteiger partial charge in [0.25, 0.3) is 0 Å². The number of nitrogens with zero attached hydrogens (tertiary/aromatic N) is 1. The van der Waals surface area contributed by atoms with Crippen LogP contribution in [0, 0.1) is 0 Å². The quantitative estimate of drug-likeness (QED) is 0.670. The van der Waals surface area contributed by atoms with Crippen LogP contribution in [0.5, 0.6) is 0 Å². The van der Waals surface area contributed by atoms with Crippen LogP contribution in [0.3, 0.4) is 0 Å². The van der Waals surface area contributed by atoms with E-state index in [0.29, 0.717) is 6.54 Å². The summed E-state index contributed by atoms with van der Waals surface area (Å²) in [6.45, 7) is 0.0815.